The van der Waals surface area contributed by atoms with E-state index in [9.17, 15) is 13.2 Å². The molecule has 2 nitrogen and oxygen atoms in total. The van der Waals surface area contributed by atoms with Gasteiger partial charge in [0.15, 0.2) is 23.7 Å². The highest BCUT2D eigenvalue weighted by Crippen LogP contribution is 2.41. The predicted octanol–water partition coefficient (Wildman–Crippen LogP) is 9.78. The molecule has 0 aromatic heterocycles. The molecule has 218 valence electrons. The van der Waals surface area contributed by atoms with Crippen LogP contribution in [-0.2, 0) is 9.47 Å². The van der Waals surface area contributed by atoms with Gasteiger partial charge in [0.05, 0.1) is 13.2 Å². The van der Waals surface area contributed by atoms with Crippen LogP contribution < -0.4 is 0 Å². The molecular weight excluding hydrogens is 523 g/mol. The Balaban J connectivity index is 1.17. The highest BCUT2D eigenvalue weighted by molar-refractivity contribution is 5.68. The van der Waals surface area contributed by atoms with Crippen molar-refractivity contribution in [3.05, 3.63) is 76.1 Å². The minimum Gasteiger partial charge on any atom is -0.348 e. The number of benzene rings is 2. The lowest BCUT2D eigenvalue weighted by Gasteiger charge is -2.38. The Morgan fingerprint density at radius 3 is 1.93 bits per heavy atom. The number of hydrogen-bond acceptors (Lipinski definition) is 2. The van der Waals surface area contributed by atoms with E-state index >= 15 is 8.78 Å². The Morgan fingerprint density at radius 2 is 1.35 bits per heavy atom. The molecule has 0 N–H and O–H groups in total. The van der Waals surface area contributed by atoms with Gasteiger partial charge in [0, 0.05) is 17.0 Å². The van der Waals surface area contributed by atoms with Crippen LogP contribution in [0, 0.1) is 46.8 Å². The van der Waals surface area contributed by atoms with Crippen molar-refractivity contribution in [3.63, 3.8) is 0 Å². The largest absolute Gasteiger partial charge is 0.348 e. The van der Waals surface area contributed by atoms with Crippen molar-refractivity contribution in [2.24, 2.45) is 17.8 Å². The van der Waals surface area contributed by atoms with Crippen molar-refractivity contribution in [1.29, 1.82) is 0 Å². The molecule has 0 spiro atoms. The average Bonchev–Trinajstić information content (AvgIpc) is 2.96. The standard InChI is InChI=1S/C33H39F5O2/c1-2-3-4-5-20-6-8-22(9-7-20)26-18-39-33(40-19-26)25-16-27(34)31(28(35)17-25)23-12-10-21(11-13-23)24-14-29(36)32(38)30(37)15-24/h12,14-17,20-22,26,33H,2-11,13,18-19H2,1H3. The Bertz CT molecular complexity index is 1150. The average molecular weight is 563 g/mol. The van der Waals surface area contributed by atoms with E-state index in [1.165, 1.54) is 63.5 Å². The second kappa shape index (κ2) is 13.2. The Morgan fingerprint density at radius 1 is 0.725 bits per heavy atom. The second-order valence-corrected chi connectivity index (χ2v) is 11.9. The van der Waals surface area contributed by atoms with Crippen molar-refractivity contribution in [1.82, 2.24) is 0 Å². The summed E-state index contributed by atoms with van der Waals surface area (Å²) >= 11 is 0. The fraction of sp³-hybridized carbons (Fsp3) is 0.576. The van der Waals surface area contributed by atoms with E-state index in [4.69, 9.17) is 9.47 Å². The van der Waals surface area contributed by atoms with Gasteiger partial charge in [-0.3, -0.25) is 0 Å². The fourth-order valence-corrected chi connectivity index (χ4v) is 6.82. The number of unbranched alkanes of at least 4 members (excludes halogenated alkanes) is 2. The van der Waals surface area contributed by atoms with Crippen molar-refractivity contribution in [3.8, 4) is 0 Å². The lowest BCUT2D eigenvalue weighted by Crippen LogP contribution is -2.34. The molecule has 40 heavy (non-hydrogen) atoms. The van der Waals surface area contributed by atoms with Gasteiger partial charge in [-0.15, -0.1) is 0 Å². The molecule has 3 aliphatic rings. The van der Waals surface area contributed by atoms with Gasteiger partial charge >= 0.3 is 0 Å². The molecule has 2 aliphatic carbocycles. The summed E-state index contributed by atoms with van der Waals surface area (Å²) in [5.74, 6) is -3.88. The van der Waals surface area contributed by atoms with Crippen LogP contribution in [0.1, 0.15) is 106 Å². The van der Waals surface area contributed by atoms with Crippen molar-refractivity contribution in [2.75, 3.05) is 13.2 Å². The zero-order valence-electron chi connectivity index (χ0n) is 23.2. The minimum absolute atomic E-state index is 0.0944. The van der Waals surface area contributed by atoms with E-state index in [1.807, 2.05) is 0 Å². The molecule has 0 amide bonds. The molecule has 1 unspecified atom stereocenters. The van der Waals surface area contributed by atoms with Gasteiger partial charge in [-0.1, -0.05) is 51.5 Å². The number of halogens is 5. The molecule has 1 saturated heterocycles. The zero-order valence-corrected chi connectivity index (χ0v) is 23.2. The lowest BCUT2D eigenvalue weighted by atomic mass is 9.74. The summed E-state index contributed by atoms with van der Waals surface area (Å²) in [6, 6.07) is 4.55. The SMILES string of the molecule is CCCCCC1CCC(C2COC(c3cc(F)c(C4=CCC(c5cc(F)c(F)c(F)c5)CC4)c(F)c3)OC2)CC1. The molecule has 1 saturated carbocycles. The second-order valence-electron chi connectivity index (χ2n) is 11.9. The van der Waals surface area contributed by atoms with Crippen LogP contribution in [0.2, 0.25) is 0 Å². The van der Waals surface area contributed by atoms with Gasteiger partial charge in [-0.05, 0) is 85.3 Å². The molecule has 2 aromatic carbocycles. The summed E-state index contributed by atoms with van der Waals surface area (Å²) in [5, 5.41) is 0. The maximum absolute atomic E-state index is 15.2. The lowest BCUT2D eigenvalue weighted by molar-refractivity contribution is -0.215. The molecule has 1 aliphatic heterocycles. The molecule has 5 rings (SSSR count). The van der Waals surface area contributed by atoms with E-state index in [2.05, 4.69) is 6.92 Å². The summed E-state index contributed by atoms with van der Waals surface area (Å²) in [4.78, 5) is 0. The Hall–Kier alpha value is -2.25. The molecule has 7 heteroatoms. The Labute approximate surface area is 233 Å². The molecule has 2 fully saturated rings. The van der Waals surface area contributed by atoms with Crippen LogP contribution in [0.25, 0.3) is 5.57 Å². The van der Waals surface area contributed by atoms with E-state index in [1.54, 1.807) is 6.08 Å². The van der Waals surface area contributed by atoms with Crippen molar-refractivity contribution >= 4 is 5.57 Å². The maximum atomic E-state index is 15.2. The quantitative estimate of drug-likeness (QED) is 0.181. The summed E-state index contributed by atoms with van der Waals surface area (Å²) in [5.41, 5.74) is 1.08. The van der Waals surface area contributed by atoms with E-state index in [0.717, 1.165) is 18.1 Å². The van der Waals surface area contributed by atoms with Crippen LogP contribution in [0.4, 0.5) is 22.0 Å². The number of rotatable bonds is 8. The maximum Gasteiger partial charge on any atom is 0.194 e. The van der Waals surface area contributed by atoms with Gasteiger partial charge in [0.2, 0.25) is 0 Å². The van der Waals surface area contributed by atoms with Gasteiger partial charge < -0.3 is 9.47 Å². The van der Waals surface area contributed by atoms with Crippen molar-refractivity contribution < 1.29 is 31.4 Å². The fourth-order valence-electron chi connectivity index (χ4n) is 6.82. The van der Waals surface area contributed by atoms with Gasteiger partial charge in [0.25, 0.3) is 0 Å². The molecule has 0 radical (unpaired) electrons. The van der Waals surface area contributed by atoms with E-state index in [-0.39, 0.29) is 11.5 Å². The molecule has 0 bridgehead atoms. The summed E-state index contributed by atoms with van der Waals surface area (Å²) in [6.07, 6.45) is 12.2. The monoisotopic (exact) mass is 562 g/mol. The first-order valence-electron chi connectivity index (χ1n) is 14.9. The number of ether oxygens (including phenoxy) is 2. The zero-order chi connectivity index (χ0) is 28.2. The molecule has 1 heterocycles. The van der Waals surface area contributed by atoms with Crippen LogP contribution in [0.5, 0.6) is 0 Å². The molecule has 2 aromatic rings. The first-order valence-corrected chi connectivity index (χ1v) is 14.9. The van der Waals surface area contributed by atoms with E-state index in [0.29, 0.717) is 61.0 Å². The van der Waals surface area contributed by atoms with Gasteiger partial charge in [-0.25, -0.2) is 22.0 Å². The summed E-state index contributed by atoms with van der Waals surface area (Å²) < 4.78 is 83.0. The highest BCUT2D eigenvalue weighted by Gasteiger charge is 2.33. The van der Waals surface area contributed by atoms with Gasteiger partial charge in [0.1, 0.15) is 11.6 Å². The Kier molecular flexibility index (Phi) is 9.62. The van der Waals surface area contributed by atoms with Crippen LogP contribution in [-0.4, -0.2) is 13.2 Å². The molecular formula is C33H39F5O2. The summed E-state index contributed by atoms with van der Waals surface area (Å²) in [7, 11) is 0. The van der Waals surface area contributed by atoms with Crippen LogP contribution in [0.15, 0.2) is 30.3 Å². The number of hydrogen-bond donors (Lipinski definition) is 0. The molecule has 1 atom stereocenters. The third kappa shape index (κ3) is 6.62. The third-order valence-corrected chi connectivity index (χ3v) is 9.24. The smallest absolute Gasteiger partial charge is 0.194 e. The van der Waals surface area contributed by atoms with Crippen LogP contribution >= 0.6 is 0 Å². The van der Waals surface area contributed by atoms with Crippen molar-refractivity contribution in [2.45, 2.75) is 89.8 Å². The van der Waals surface area contributed by atoms with Crippen LogP contribution in [0.3, 0.4) is 0 Å². The normalized spacial score (nSPS) is 27.4. The number of allylic oxidation sites excluding steroid dienone is 2. The van der Waals surface area contributed by atoms with Gasteiger partial charge in [-0.2, -0.15) is 0 Å². The topological polar surface area (TPSA) is 18.5 Å². The highest BCUT2D eigenvalue weighted by atomic mass is 19.2. The first-order chi connectivity index (χ1) is 19.3. The predicted molar refractivity (Wildman–Crippen MR) is 145 cm³/mol. The third-order valence-electron chi connectivity index (χ3n) is 9.24. The summed E-state index contributed by atoms with van der Waals surface area (Å²) in [6.45, 7) is 3.29. The minimum atomic E-state index is -1.50. The first kappa shape index (κ1) is 29.2. The van der Waals surface area contributed by atoms with E-state index < -0.39 is 35.4 Å².